The van der Waals surface area contributed by atoms with Crippen molar-refractivity contribution < 1.29 is 28.2 Å². The van der Waals surface area contributed by atoms with Crippen LogP contribution in [0.2, 0.25) is 0 Å². The summed E-state index contributed by atoms with van der Waals surface area (Å²) >= 11 is 0. The molecule has 3 aromatic carbocycles. The van der Waals surface area contributed by atoms with E-state index in [1.165, 1.54) is 18.2 Å². The number of carbonyl (C=O) groups is 1. The summed E-state index contributed by atoms with van der Waals surface area (Å²) in [7, 11) is 0. The van der Waals surface area contributed by atoms with E-state index < -0.39 is 23.2 Å². The molecule has 0 saturated heterocycles. The third kappa shape index (κ3) is 4.31. The van der Waals surface area contributed by atoms with Crippen molar-refractivity contribution in [1.29, 1.82) is 0 Å². The standard InChI is InChI=1S/C26H22F3NO3/c1-25(19-5-2-17(3-6-19)4-13-24(32)33)23-12-11-22(31)16-18(23)14-15-30(25)21-9-7-20(8-10-21)26(27,28)29/h2-13,16,31H,14-15H2,1H3,(H,32,33)/b13-4+. The molecule has 0 aromatic heterocycles. The number of rotatable bonds is 4. The summed E-state index contributed by atoms with van der Waals surface area (Å²) < 4.78 is 39.3. The molecule has 1 aliphatic heterocycles. The molecule has 7 heteroatoms. The van der Waals surface area contributed by atoms with Crippen LogP contribution in [0.3, 0.4) is 0 Å². The van der Waals surface area contributed by atoms with Gasteiger partial charge in [-0.1, -0.05) is 30.3 Å². The van der Waals surface area contributed by atoms with E-state index in [2.05, 4.69) is 4.90 Å². The van der Waals surface area contributed by atoms with Crippen LogP contribution in [0.1, 0.15) is 34.7 Å². The van der Waals surface area contributed by atoms with Gasteiger partial charge in [0.05, 0.1) is 11.1 Å². The van der Waals surface area contributed by atoms with E-state index in [9.17, 15) is 23.1 Å². The Balaban J connectivity index is 1.81. The molecule has 0 radical (unpaired) electrons. The number of alkyl halides is 3. The van der Waals surface area contributed by atoms with Crippen LogP contribution in [0.15, 0.2) is 72.8 Å². The normalized spacial score (nSPS) is 18.4. The zero-order chi connectivity index (χ0) is 23.8. The highest BCUT2D eigenvalue weighted by Gasteiger charge is 2.41. The van der Waals surface area contributed by atoms with Crippen molar-refractivity contribution in [3.63, 3.8) is 0 Å². The first-order valence-corrected chi connectivity index (χ1v) is 10.4. The number of carboxylic acid groups (broad SMARTS) is 1. The van der Waals surface area contributed by atoms with Crippen molar-refractivity contribution in [1.82, 2.24) is 0 Å². The van der Waals surface area contributed by atoms with Gasteiger partial charge in [0, 0.05) is 18.3 Å². The Kier molecular flexibility index (Phi) is 5.66. The number of nitrogens with zero attached hydrogens (tertiary/aromatic N) is 1. The second-order valence-corrected chi connectivity index (χ2v) is 8.15. The number of carboxylic acids is 1. The summed E-state index contributed by atoms with van der Waals surface area (Å²) in [6, 6.07) is 17.7. The average molecular weight is 453 g/mol. The number of aliphatic carboxylic acids is 1. The fourth-order valence-electron chi connectivity index (χ4n) is 4.48. The maximum atomic E-state index is 13.1. The summed E-state index contributed by atoms with van der Waals surface area (Å²) in [5, 5.41) is 18.8. The third-order valence-electron chi connectivity index (χ3n) is 6.16. The lowest BCUT2D eigenvalue weighted by molar-refractivity contribution is -0.137. The van der Waals surface area contributed by atoms with Gasteiger partial charge in [-0.3, -0.25) is 0 Å². The molecule has 0 saturated carbocycles. The fourth-order valence-corrected chi connectivity index (χ4v) is 4.48. The van der Waals surface area contributed by atoms with Crippen LogP contribution in [0.4, 0.5) is 18.9 Å². The molecule has 0 amide bonds. The van der Waals surface area contributed by atoms with Gasteiger partial charge >= 0.3 is 12.1 Å². The highest BCUT2D eigenvalue weighted by Crippen LogP contribution is 2.44. The number of anilines is 1. The van der Waals surface area contributed by atoms with Gasteiger partial charge in [0.25, 0.3) is 0 Å². The molecule has 4 nitrogen and oxygen atoms in total. The van der Waals surface area contributed by atoms with Gasteiger partial charge in [0.1, 0.15) is 5.75 Å². The van der Waals surface area contributed by atoms with Gasteiger partial charge in [-0.05, 0) is 78.1 Å². The van der Waals surface area contributed by atoms with Crippen molar-refractivity contribution in [2.45, 2.75) is 25.1 Å². The lowest BCUT2D eigenvalue weighted by atomic mass is 9.76. The molecule has 0 bridgehead atoms. The monoisotopic (exact) mass is 453 g/mol. The zero-order valence-electron chi connectivity index (χ0n) is 17.8. The summed E-state index contributed by atoms with van der Waals surface area (Å²) in [4.78, 5) is 12.9. The summed E-state index contributed by atoms with van der Waals surface area (Å²) in [6.45, 7) is 2.54. The predicted octanol–water partition coefficient (Wildman–Crippen LogP) is 5.84. The van der Waals surface area contributed by atoms with Gasteiger partial charge in [-0.2, -0.15) is 13.2 Å². The van der Waals surface area contributed by atoms with Gasteiger partial charge in [-0.25, -0.2) is 4.79 Å². The predicted molar refractivity (Wildman–Crippen MR) is 120 cm³/mol. The number of hydrogen-bond acceptors (Lipinski definition) is 3. The van der Waals surface area contributed by atoms with E-state index in [1.807, 2.05) is 25.1 Å². The van der Waals surface area contributed by atoms with E-state index in [-0.39, 0.29) is 5.75 Å². The van der Waals surface area contributed by atoms with Crippen molar-refractivity contribution in [2.75, 3.05) is 11.4 Å². The number of benzene rings is 3. The summed E-state index contributed by atoms with van der Waals surface area (Å²) in [5.74, 6) is -0.881. The minimum atomic E-state index is -4.41. The number of fused-ring (bicyclic) bond motifs is 1. The number of phenols is 1. The van der Waals surface area contributed by atoms with Crippen LogP contribution in [0.5, 0.6) is 5.75 Å². The fraction of sp³-hybridized carbons (Fsp3) is 0.192. The second kappa shape index (κ2) is 8.31. The number of aromatic hydroxyl groups is 1. The number of phenolic OH excluding ortho intramolecular Hbond substituents is 1. The Hall–Kier alpha value is -3.74. The van der Waals surface area contributed by atoms with E-state index in [0.717, 1.165) is 34.9 Å². The van der Waals surface area contributed by atoms with Crippen LogP contribution in [0, 0.1) is 0 Å². The Morgan fingerprint density at radius 1 is 1.03 bits per heavy atom. The van der Waals surface area contributed by atoms with Crippen LogP contribution in [-0.4, -0.2) is 22.7 Å². The maximum absolute atomic E-state index is 13.1. The molecule has 2 N–H and O–H groups in total. The molecule has 170 valence electrons. The summed E-state index contributed by atoms with van der Waals surface area (Å²) in [6.07, 6.45) is -1.23. The number of halogens is 3. The van der Waals surface area contributed by atoms with Crippen LogP contribution in [-0.2, 0) is 22.9 Å². The van der Waals surface area contributed by atoms with Crippen molar-refractivity contribution >= 4 is 17.7 Å². The van der Waals surface area contributed by atoms with Crippen molar-refractivity contribution in [2.24, 2.45) is 0 Å². The van der Waals surface area contributed by atoms with Gasteiger partial charge < -0.3 is 15.1 Å². The molecule has 0 fully saturated rings. The smallest absolute Gasteiger partial charge is 0.416 e. The van der Waals surface area contributed by atoms with Gasteiger partial charge in [-0.15, -0.1) is 0 Å². The minimum absolute atomic E-state index is 0.160. The van der Waals surface area contributed by atoms with E-state index in [1.54, 1.807) is 24.3 Å². The Labute approximate surface area is 189 Å². The highest BCUT2D eigenvalue weighted by atomic mass is 19.4. The quantitative estimate of drug-likeness (QED) is 0.488. The van der Waals surface area contributed by atoms with Crippen LogP contribution in [0.25, 0.3) is 6.08 Å². The lowest BCUT2D eigenvalue weighted by Crippen LogP contribution is -2.49. The first kappa shape index (κ1) is 22.5. The first-order valence-electron chi connectivity index (χ1n) is 10.4. The molecule has 33 heavy (non-hydrogen) atoms. The topological polar surface area (TPSA) is 60.8 Å². The molecule has 0 aliphatic carbocycles. The largest absolute Gasteiger partial charge is 0.508 e. The molecule has 1 atom stereocenters. The highest BCUT2D eigenvalue weighted by molar-refractivity contribution is 5.85. The van der Waals surface area contributed by atoms with E-state index in [4.69, 9.17) is 5.11 Å². The van der Waals surface area contributed by atoms with Crippen molar-refractivity contribution in [3.8, 4) is 5.75 Å². The minimum Gasteiger partial charge on any atom is -0.508 e. The van der Waals surface area contributed by atoms with Crippen LogP contribution >= 0.6 is 0 Å². The molecular weight excluding hydrogens is 431 g/mol. The van der Waals surface area contributed by atoms with Gasteiger partial charge in [0.15, 0.2) is 0 Å². The molecule has 0 spiro atoms. The van der Waals surface area contributed by atoms with Crippen LogP contribution < -0.4 is 4.90 Å². The van der Waals surface area contributed by atoms with E-state index >= 15 is 0 Å². The SMILES string of the molecule is CC1(c2ccc(/C=C/C(=O)O)cc2)c2ccc(O)cc2CCN1c1ccc(C(F)(F)F)cc1. The molecule has 4 rings (SSSR count). The lowest BCUT2D eigenvalue weighted by Gasteiger charge is -2.48. The zero-order valence-corrected chi connectivity index (χ0v) is 17.8. The van der Waals surface area contributed by atoms with Crippen molar-refractivity contribution in [3.05, 3.63) is 101 Å². The molecule has 1 heterocycles. The summed E-state index contributed by atoms with van der Waals surface area (Å²) in [5.41, 5.74) is 2.74. The van der Waals surface area contributed by atoms with E-state index in [0.29, 0.717) is 24.2 Å². The molecule has 3 aromatic rings. The Morgan fingerprint density at radius 2 is 1.70 bits per heavy atom. The molecule has 1 aliphatic rings. The first-order chi connectivity index (χ1) is 15.6. The second-order valence-electron chi connectivity index (χ2n) is 8.15. The molecular formula is C26H22F3NO3. The Bertz CT molecular complexity index is 1200. The Morgan fingerprint density at radius 3 is 2.30 bits per heavy atom. The molecule has 1 unspecified atom stereocenters. The number of hydrogen-bond donors (Lipinski definition) is 2. The van der Waals surface area contributed by atoms with Gasteiger partial charge in [0.2, 0.25) is 0 Å². The average Bonchev–Trinajstić information content (AvgIpc) is 2.77. The maximum Gasteiger partial charge on any atom is 0.416 e. The third-order valence-corrected chi connectivity index (χ3v) is 6.16.